The lowest BCUT2D eigenvalue weighted by atomic mass is 9.81. The fourth-order valence-corrected chi connectivity index (χ4v) is 4.36. The summed E-state index contributed by atoms with van der Waals surface area (Å²) >= 11 is 0. The lowest BCUT2D eigenvalue weighted by Crippen LogP contribution is -2.52. The van der Waals surface area contributed by atoms with Gasteiger partial charge in [-0.15, -0.1) is 0 Å². The van der Waals surface area contributed by atoms with E-state index < -0.39 is 0 Å². The number of benzene rings is 1. The summed E-state index contributed by atoms with van der Waals surface area (Å²) in [6.07, 6.45) is 2.25. The average molecular weight is 388 g/mol. The maximum absolute atomic E-state index is 13.3. The number of amides is 2. The molecule has 0 unspecified atom stereocenters. The maximum Gasteiger partial charge on any atom is 0.226 e. The van der Waals surface area contributed by atoms with E-state index in [9.17, 15) is 9.59 Å². The summed E-state index contributed by atoms with van der Waals surface area (Å²) in [5, 5.41) is 0. The van der Waals surface area contributed by atoms with E-state index in [1.54, 1.807) is 0 Å². The molecular weight excluding hydrogens is 350 g/mol. The third kappa shape index (κ3) is 5.49. The number of aryl methyl sites for hydroxylation is 2. The highest BCUT2D eigenvalue weighted by Gasteiger charge is 2.36. The van der Waals surface area contributed by atoms with Gasteiger partial charge in [0.25, 0.3) is 0 Å². The normalized spacial score (nSPS) is 16.9. The molecule has 1 heterocycles. The molecular formula is C23H37N3O2. The fourth-order valence-electron chi connectivity index (χ4n) is 4.36. The van der Waals surface area contributed by atoms with Crippen LogP contribution in [-0.4, -0.2) is 42.9 Å². The Bertz CT molecular complexity index is 678. The van der Waals surface area contributed by atoms with Crippen LogP contribution in [0, 0.1) is 31.6 Å². The van der Waals surface area contributed by atoms with Crippen LogP contribution >= 0.6 is 0 Å². The van der Waals surface area contributed by atoms with Crippen molar-refractivity contribution in [2.45, 2.75) is 53.9 Å². The first kappa shape index (κ1) is 22.3. The van der Waals surface area contributed by atoms with E-state index in [2.05, 4.69) is 50.8 Å². The highest BCUT2D eigenvalue weighted by Crippen LogP contribution is 2.28. The van der Waals surface area contributed by atoms with Gasteiger partial charge in [0.1, 0.15) is 0 Å². The molecule has 1 saturated heterocycles. The summed E-state index contributed by atoms with van der Waals surface area (Å²) in [4.78, 5) is 29.7. The highest BCUT2D eigenvalue weighted by molar-refractivity contribution is 5.87. The topological polar surface area (TPSA) is 66.6 Å². The van der Waals surface area contributed by atoms with E-state index in [1.165, 1.54) is 16.8 Å². The van der Waals surface area contributed by atoms with Gasteiger partial charge in [-0.3, -0.25) is 9.59 Å². The first-order valence-electron chi connectivity index (χ1n) is 10.6. The van der Waals surface area contributed by atoms with Crippen molar-refractivity contribution in [1.82, 2.24) is 4.90 Å². The molecule has 1 aromatic rings. The van der Waals surface area contributed by atoms with E-state index in [-0.39, 0.29) is 23.7 Å². The van der Waals surface area contributed by atoms with Gasteiger partial charge in [0.05, 0.1) is 0 Å². The van der Waals surface area contributed by atoms with Gasteiger partial charge < -0.3 is 15.5 Å². The fraction of sp³-hybridized carbons (Fsp3) is 0.652. The van der Waals surface area contributed by atoms with Crippen molar-refractivity contribution in [2.24, 2.45) is 23.5 Å². The minimum Gasteiger partial charge on any atom is -0.369 e. The molecule has 1 aromatic carbocycles. The number of carbonyl (C=O) groups excluding carboxylic acids is 2. The number of carbonyl (C=O) groups is 2. The Kier molecular flexibility index (Phi) is 7.90. The van der Waals surface area contributed by atoms with Gasteiger partial charge in [0.2, 0.25) is 11.8 Å². The molecule has 2 rings (SSSR count). The largest absolute Gasteiger partial charge is 0.369 e. The Morgan fingerprint density at radius 3 is 2.21 bits per heavy atom. The minimum atomic E-state index is -0.364. The monoisotopic (exact) mass is 387 g/mol. The molecule has 0 bridgehead atoms. The van der Waals surface area contributed by atoms with Gasteiger partial charge in [0.15, 0.2) is 0 Å². The molecule has 2 amide bonds. The second kappa shape index (κ2) is 9.94. The first-order chi connectivity index (χ1) is 13.2. The van der Waals surface area contributed by atoms with Gasteiger partial charge in [-0.05, 0) is 44.2 Å². The van der Waals surface area contributed by atoms with E-state index in [0.717, 1.165) is 19.5 Å². The van der Waals surface area contributed by atoms with Crippen LogP contribution in [0.4, 0.5) is 5.69 Å². The molecule has 1 aliphatic heterocycles. The molecule has 0 aliphatic carbocycles. The summed E-state index contributed by atoms with van der Waals surface area (Å²) in [5.41, 5.74) is 9.46. The Morgan fingerprint density at radius 1 is 1.07 bits per heavy atom. The maximum atomic E-state index is 13.3. The predicted octanol–water partition coefficient (Wildman–Crippen LogP) is 3.52. The number of nitrogens with zero attached hydrogens (tertiary/aromatic N) is 2. The number of rotatable bonds is 8. The van der Waals surface area contributed by atoms with Gasteiger partial charge in [0, 0.05) is 43.7 Å². The molecule has 2 atom stereocenters. The number of primary amides is 1. The van der Waals surface area contributed by atoms with Crippen LogP contribution in [-0.2, 0) is 9.59 Å². The molecule has 0 spiro atoms. The van der Waals surface area contributed by atoms with Crippen molar-refractivity contribution in [3.63, 3.8) is 0 Å². The third-order valence-electron chi connectivity index (χ3n) is 5.78. The minimum absolute atomic E-state index is 0.103. The lowest BCUT2D eigenvalue weighted by Gasteiger charge is -2.39. The summed E-state index contributed by atoms with van der Waals surface area (Å²) in [5.74, 6) is -0.549. The molecule has 0 radical (unpaired) electrons. The molecule has 1 aliphatic rings. The van der Waals surface area contributed by atoms with Crippen molar-refractivity contribution in [1.29, 1.82) is 0 Å². The van der Waals surface area contributed by atoms with Crippen LogP contribution in [0.1, 0.15) is 51.2 Å². The van der Waals surface area contributed by atoms with Crippen molar-refractivity contribution in [2.75, 3.05) is 31.1 Å². The van der Waals surface area contributed by atoms with Crippen molar-refractivity contribution < 1.29 is 9.59 Å². The third-order valence-corrected chi connectivity index (χ3v) is 5.78. The van der Waals surface area contributed by atoms with Crippen molar-refractivity contribution in [3.8, 4) is 0 Å². The molecule has 0 aromatic heterocycles. The quantitative estimate of drug-likeness (QED) is 0.742. The van der Waals surface area contributed by atoms with Gasteiger partial charge >= 0.3 is 0 Å². The summed E-state index contributed by atoms with van der Waals surface area (Å²) < 4.78 is 0. The van der Waals surface area contributed by atoms with Crippen LogP contribution < -0.4 is 10.6 Å². The van der Waals surface area contributed by atoms with Crippen LogP contribution in [0.15, 0.2) is 18.2 Å². The van der Waals surface area contributed by atoms with Gasteiger partial charge in [-0.25, -0.2) is 0 Å². The van der Waals surface area contributed by atoms with Crippen LogP contribution in [0.5, 0.6) is 0 Å². The SMILES string of the molecule is CCC[C@H](C(N)=O)[C@@H](CC(C)C)C(=O)N1CCN(c2ccc(C)cc2C)CC1. The Morgan fingerprint density at radius 2 is 1.71 bits per heavy atom. The first-order valence-corrected chi connectivity index (χ1v) is 10.6. The van der Waals surface area contributed by atoms with E-state index >= 15 is 0 Å². The number of anilines is 1. The molecule has 5 heteroatoms. The molecule has 28 heavy (non-hydrogen) atoms. The van der Waals surface area contributed by atoms with Crippen LogP contribution in [0.25, 0.3) is 0 Å². The zero-order valence-corrected chi connectivity index (χ0v) is 18.2. The average Bonchev–Trinajstić information content (AvgIpc) is 2.64. The zero-order chi connectivity index (χ0) is 20.8. The van der Waals surface area contributed by atoms with Crippen molar-refractivity contribution in [3.05, 3.63) is 29.3 Å². The Balaban J connectivity index is 2.09. The second-order valence-corrected chi connectivity index (χ2v) is 8.64. The number of nitrogens with two attached hydrogens (primary N) is 1. The predicted molar refractivity (Wildman–Crippen MR) is 115 cm³/mol. The molecule has 0 saturated carbocycles. The number of hydrogen-bond acceptors (Lipinski definition) is 3. The zero-order valence-electron chi connectivity index (χ0n) is 18.2. The lowest BCUT2D eigenvalue weighted by molar-refractivity contribution is -0.142. The van der Waals surface area contributed by atoms with E-state index in [1.807, 2.05) is 11.8 Å². The van der Waals surface area contributed by atoms with Crippen LogP contribution in [0.2, 0.25) is 0 Å². The van der Waals surface area contributed by atoms with Crippen molar-refractivity contribution >= 4 is 17.5 Å². The summed E-state index contributed by atoms with van der Waals surface area (Å²) in [6, 6.07) is 6.52. The number of hydrogen-bond donors (Lipinski definition) is 1. The molecule has 2 N–H and O–H groups in total. The van der Waals surface area contributed by atoms with Gasteiger partial charge in [-0.1, -0.05) is 44.9 Å². The summed E-state index contributed by atoms with van der Waals surface area (Å²) in [7, 11) is 0. The van der Waals surface area contributed by atoms with E-state index in [4.69, 9.17) is 5.73 Å². The van der Waals surface area contributed by atoms with Gasteiger partial charge in [-0.2, -0.15) is 0 Å². The number of piperazine rings is 1. The summed E-state index contributed by atoms with van der Waals surface area (Å²) in [6.45, 7) is 13.5. The molecule has 1 fully saturated rings. The second-order valence-electron chi connectivity index (χ2n) is 8.64. The Hall–Kier alpha value is -2.04. The van der Waals surface area contributed by atoms with Crippen LogP contribution in [0.3, 0.4) is 0 Å². The standard InChI is InChI=1S/C23H37N3O2/c1-6-7-19(22(24)27)20(14-16(2)3)23(28)26-12-10-25(11-13-26)21-9-8-17(4)15-18(21)5/h8-9,15-16,19-20H,6-7,10-14H2,1-5H3,(H2,24,27)/t19-,20+/m0/s1. The smallest absolute Gasteiger partial charge is 0.226 e. The highest BCUT2D eigenvalue weighted by atomic mass is 16.2. The molecule has 5 nitrogen and oxygen atoms in total. The Labute approximate surface area is 170 Å². The van der Waals surface area contributed by atoms with E-state index in [0.29, 0.717) is 31.8 Å². The molecule has 156 valence electrons.